The number of benzene rings is 3. The molecule has 3 aromatic rings. The van der Waals surface area contributed by atoms with E-state index in [2.05, 4.69) is 5.32 Å². The van der Waals surface area contributed by atoms with Crippen molar-refractivity contribution in [1.82, 2.24) is 10.2 Å². The van der Waals surface area contributed by atoms with E-state index >= 15 is 0 Å². The molecular formula is C29H35N3O4S. The maximum atomic E-state index is 13.9. The fourth-order valence-electron chi connectivity index (χ4n) is 4.17. The molecule has 0 spiro atoms. The van der Waals surface area contributed by atoms with Gasteiger partial charge in [0.1, 0.15) is 12.6 Å². The van der Waals surface area contributed by atoms with Gasteiger partial charge in [0, 0.05) is 13.6 Å². The molecule has 196 valence electrons. The van der Waals surface area contributed by atoms with Crippen molar-refractivity contribution in [3.05, 3.63) is 95.1 Å². The lowest BCUT2D eigenvalue weighted by molar-refractivity contribution is -0.140. The molecule has 0 aliphatic carbocycles. The van der Waals surface area contributed by atoms with Crippen LogP contribution >= 0.6 is 0 Å². The minimum absolute atomic E-state index is 0.0950. The molecule has 0 radical (unpaired) electrons. The van der Waals surface area contributed by atoms with Crippen LogP contribution in [0.1, 0.15) is 35.6 Å². The lowest BCUT2D eigenvalue weighted by Gasteiger charge is -2.33. The van der Waals surface area contributed by atoms with Gasteiger partial charge >= 0.3 is 0 Å². The Morgan fingerprint density at radius 3 is 1.97 bits per heavy atom. The molecule has 2 amide bonds. The summed E-state index contributed by atoms with van der Waals surface area (Å²) in [6, 6.07) is 20.6. The highest BCUT2D eigenvalue weighted by atomic mass is 32.2. The molecule has 0 saturated heterocycles. The largest absolute Gasteiger partial charge is 0.357 e. The summed E-state index contributed by atoms with van der Waals surface area (Å²) < 4.78 is 28.9. The molecule has 3 aromatic carbocycles. The molecule has 0 bridgehead atoms. The highest BCUT2D eigenvalue weighted by molar-refractivity contribution is 7.92. The van der Waals surface area contributed by atoms with Crippen molar-refractivity contribution in [2.45, 2.75) is 51.6 Å². The number of nitrogens with zero attached hydrogens (tertiary/aromatic N) is 2. The third-order valence-corrected chi connectivity index (χ3v) is 8.15. The first-order chi connectivity index (χ1) is 17.6. The lowest BCUT2D eigenvalue weighted by Crippen LogP contribution is -2.51. The van der Waals surface area contributed by atoms with E-state index in [1.54, 1.807) is 49.4 Å². The Morgan fingerprint density at radius 1 is 0.865 bits per heavy atom. The van der Waals surface area contributed by atoms with Gasteiger partial charge in [0.05, 0.1) is 10.6 Å². The summed E-state index contributed by atoms with van der Waals surface area (Å²) in [6.45, 7) is 7.23. The van der Waals surface area contributed by atoms with Crippen LogP contribution in [-0.2, 0) is 26.2 Å². The number of carbonyl (C=O) groups is 2. The van der Waals surface area contributed by atoms with Crippen molar-refractivity contribution < 1.29 is 18.0 Å². The first kappa shape index (κ1) is 27.9. The number of hydrogen-bond donors (Lipinski definition) is 1. The smallest absolute Gasteiger partial charge is 0.264 e. The van der Waals surface area contributed by atoms with E-state index in [0.29, 0.717) is 12.1 Å². The van der Waals surface area contributed by atoms with Crippen LogP contribution in [-0.4, -0.2) is 44.8 Å². The first-order valence-corrected chi connectivity index (χ1v) is 13.7. The van der Waals surface area contributed by atoms with Gasteiger partial charge in [-0.1, -0.05) is 72.6 Å². The zero-order chi connectivity index (χ0) is 27.2. The number of rotatable bonds is 10. The van der Waals surface area contributed by atoms with Crippen LogP contribution in [0.3, 0.4) is 0 Å². The number of aryl methyl sites for hydroxylation is 3. The number of anilines is 1. The number of para-hydroxylation sites is 1. The average molecular weight is 522 g/mol. The molecule has 1 atom stereocenters. The fourth-order valence-corrected chi connectivity index (χ4v) is 5.65. The molecule has 37 heavy (non-hydrogen) atoms. The molecule has 0 aromatic heterocycles. The summed E-state index contributed by atoms with van der Waals surface area (Å²) in [4.78, 5) is 28.2. The van der Waals surface area contributed by atoms with Gasteiger partial charge in [-0.05, 0) is 56.5 Å². The van der Waals surface area contributed by atoms with Crippen molar-refractivity contribution >= 4 is 27.5 Å². The molecule has 8 heteroatoms. The normalized spacial score (nSPS) is 12.0. The average Bonchev–Trinajstić information content (AvgIpc) is 2.88. The van der Waals surface area contributed by atoms with E-state index in [-0.39, 0.29) is 17.3 Å². The molecule has 0 aliphatic heterocycles. The SMILES string of the molecule is CC[C@@H](C(=O)NC)N(Cc1ccc(C)cc1)C(=O)CN(c1ccccc1C)S(=O)(=O)c1ccc(C)cc1. The molecule has 7 nitrogen and oxygen atoms in total. The van der Waals surface area contributed by atoms with Crippen LogP contribution in [0.4, 0.5) is 5.69 Å². The van der Waals surface area contributed by atoms with Crippen LogP contribution < -0.4 is 9.62 Å². The van der Waals surface area contributed by atoms with Crippen molar-refractivity contribution in [3.8, 4) is 0 Å². The number of hydrogen-bond acceptors (Lipinski definition) is 4. The van der Waals surface area contributed by atoms with Gasteiger partial charge in [0.25, 0.3) is 10.0 Å². The summed E-state index contributed by atoms with van der Waals surface area (Å²) in [5.41, 5.74) is 3.99. The third-order valence-electron chi connectivity index (χ3n) is 6.38. The molecule has 0 unspecified atom stereocenters. The van der Waals surface area contributed by atoms with Crippen molar-refractivity contribution in [2.24, 2.45) is 0 Å². The van der Waals surface area contributed by atoms with Crippen LogP contribution in [0.15, 0.2) is 77.7 Å². The second kappa shape index (κ2) is 12.1. The number of amides is 2. The second-order valence-corrected chi connectivity index (χ2v) is 11.0. The Morgan fingerprint density at radius 2 is 1.43 bits per heavy atom. The van der Waals surface area contributed by atoms with Gasteiger partial charge in [-0.15, -0.1) is 0 Å². The highest BCUT2D eigenvalue weighted by Gasteiger charge is 2.33. The van der Waals surface area contributed by atoms with E-state index in [0.717, 1.165) is 26.6 Å². The van der Waals surface area contributed by atoms with E-state index in [9.17, 15) is 18.0 Å². The Labute approximate surface area is 220 Å². The summed E-state index contributed by atoms with van der Waals surface area (Å²) in [6.07, 6.45) is 0.381. The predicted molar refractivity (Wildman–Crippen MR) is 147 cm³/mol. The van der Waals surface area contributed by atoms with Crippen molar-refractivity contribution in [3.63, 3.8) is 0 Å². The Balaban J connectivity index is 2.06. The predicted octanol–water partition coefficient (Wildman–Crippen LogP) is 4.36. The van der Waals surface area contributed by atoms with Crippen LogP contribution in [0.2, 0.25) is 0 Å². The lowest BCUT2D eigenvalue weighted by atomic mass is 10.1. The summed E-state index contributed by atoms with van der Waals surface area (Å²) in [5, 5.41) is 2.64. The summed E-state index contributed by atoms with van der Waals surface area (Å²) in [5.74, 6) is -0.762. The zero-order valence-corrected chi connectivity index (χ0v) is 22.9. The van der Waals surface area contributed by atoms with Gasteiger partial charge in [0.15, 0.2) is 0 Å². The summed E-state index contributed by atoms with van der Waals surface area (Å²) in [7, 11) is -2.54. The number of nitrogens with one attached hydrogen (secondary N) is 1. The maximum Gasteiger partial charge on any atom is 0.264 e. The molecule has 0 fully saturated rings. The van der Waals surface area contributed by atoms with Gasteiger partial charge in [-0.25, -0.2) is 8.42 Å². The minimum Gasteiger partial charge on any atom is -0.357 e. The Hall–Kier alpha value is -3.65. The highest BCUT2D eigenvalue weighted by Crippen LogP contribution is 2.27. The van der Waals surface area contributed by atoms with Crippen LogP contribution in [0.5, 0.6) is 0 Å². The fraction of sp³-hybridized carbons (Fsp3) is 0.310. The van der Waals surface area contributed by atoms with Gasteiger partial charge in [0.2, 0.25) is 11.8 Å². The molecular weight excluding hydrogens is 486 g/mol. The third kappa shape index (κ3) is 6.57. The maximum absolute atomic E-state index is 13.9. The summed E-state index contributed by atoms with van der Waals surface area (Å²) >= 11 is 0. The van der Waals surface area contributed by atoms with Gasteiger partial charge < -0.3 is 10.2 Å². The minimum atomic E-state index is -4.07. The standard InChI is InChI=1S/C29H35N3O4S/c1-6-26(29(34)30-5)31(19-24-15-11-21(2)12-16-24)28(33)20-32(27-10-8-7-9-23(27)4)37(35,36)25-17-13-22(3)14-18-25/h7-18,26H,6,19-20H2,1-5H3,(H,30,34)/t26-/m0/s1. The molecule has 3 rings (SSSR count). The van der Waals surface area contributed by atoms with E-state index in [1.165, 1.54) is 11.9 Å². The van der Waals surface area contributed by atoms with Gasteiger partial charge in [-0.2, -0.15) is 0 Å². The van der Waals surface area contributed by atoms with E-state index < -0.39 is 28.5 Å². The van der Waals surface area contributed by atoms with E-state index in [1.807, 2.05) is 51.1 Å². The number of carbonyl (C=O) groups excluding carboxylic acids is 2. The quantitative estimate of drug-likeness (QED) is 0.430. The molecule has 0 heterocycles. The van der Waals surface area contributed by atoms with Crippen molar-refractivity contribution in [1.29, 1.82) is 0 Å². The zero-order valence-electron chi connectivity index (χ0n) is 22.1. The molecule has 0 saturated carbocycles. The second-order valence-electron chi connectivity index (χ2n) is 9.16. The Bertz CT molecular complexity index is 1340. The number of likely N-dealkylation sites (N-methyl/N-ethyl adjacent to an activating group) is 1. The first-order valence-electron chi connectivity index (χ1n) is 12.3. The van der Waals surface area contributed by atoms with E-state index in [4.69, 9.17) is 0 Å². The monoisotopic (exact) mass is 521 g/mol. The molecule has 0 aliphatic rings. The topological polar surface area (TPSA) is 86.8 Å². The van der Waals surface area contributed by atoms with Gasteiger partial charge in [-0.3, -0.25) is 13.9 Å². The molecule has 1 N–H and O–H groups in total. The number of sulfonamides is 1. The van der Waals surface area contributed by atoms with Crippen LogP contribution in [0.25, 0.3) is 0 Å². The van der Waals surface area contributed by atoms with Crippen molar-refractivity contribution in [2.75, 3.05) is 17.9 Å². The Kier molecular flexibility index (Phi) is 9.10. The van der Waals surface area contributed by atoms with Crippen LogP contribution in [0, 0.1) is 20.8 Å².